The number of nitro benzene ring substituents is 1. The molecule has 0 aromatic heterocycles. The second-order valence-electron chi connectivity index (χ2n) is 4.14. The van der Waals surface area contributed by atoms with Crippen molar-refractivity contribution in [3.63, 3.8) is 0 Å². The fraction of sp³-hybridized carbons (Fsp3) is 0.455. The Bertz CT molecular complexity index is 380. The van der Waals surface area contributed by atoms with E-state index in [0.717, 1.165) is 17.9 Å². The molecule has 0 saturated heterocycles. The number of halogens is 1. The number of non-ortho nitro benzene ring substituents is 1. The second-order valence-corrected chi connectivity index (χ2v) is 4.14. The topological polar surface area (TPSA) is 69.2 Å². The third kappa shape index (κ3) is 3.18. The molecule has 0 aliphatic heterocycles. The van der Waals surface area contributed by atoms with Crippen molar-refractivity contribution in [2.45, 2.75) is 25.3 Å². The first-order chi connectivity index (χ1) is 7.16. The minimum absolute atomic E-state index is 0. The van der Waals surface area contributed by atoms with Crippen LogP contribution in [-0.2, 0) is 0 Å². The highest BCUT2D eigenvalue weighted by Gasteiger charge is 2.24. The van der Waals surface area contributed by atoms with Gasteiger partial charge in [0.15, 0.2) is 0 Å². The highest BCUT2D eigenvalue weighted by molar-refractivity contribution is 5.85. The Morgan fingerprint density at radius 1 is 1.50 bits per heavy atom. The predicted molar refractivity (Wildman–Crippen MR) is 64.6 cm³/mol. The molecule has 16 heavy (non-hydrogen) atoms. The number of rotatable bonds is 4. The van der Waals surface area contributed by atoms with Crippen molar-refractivity contribution in [1.29, 1.82) is 0 Å². The summed E-state index contributed by atoms with van der Waals surface area (Å²) in [5, 5.41) is 10.6. The first-order valence-electron chi connectivity index (χ1n) is 5.17. The van der Waals surface area contributed by atoms with E-state index in [1.807, 2.05) is 6.07 Å². The van der Waals surface area contributed by atoms with Gasteiger partial charge in [0, 0.05) is 18.2 Å². The summed E-state index contributed by atoms with van der Waals surface area (Å²) in [4.78, 5) is 10.2. The smallest absolute Gasteiger partial charge is 0.269 e. The number of hydrogen-bond donors (Lipinski definition) is 1. The third-order valence-corrected chi connectivity index (χ3v) is 2.79. The minimum atomic E-state index is -0.382. The third-order valence-electron chi connectivity index (χ3n) is 2.79. The largest absolute Gasteiger partial charge is 0.324 e. The maximum Gasteiger partial charge on any atom is 0.269 e. The Balaban J connectivity index is 0.00000128. The van der Waals surface area contributed by atoms with Crippen LogP contribution in [0.2, 0.25) is 0 Å². The van der Waals surface area contributed by atoms with Crippen molar-refractivity contribution in [1.82, 2.24) is 0 Å². The maximum absolute atomic E-state index is 10.6. The van der Waals surface area contributed by atoms with Crippen molar-refractivity contribution in [3.8, 4) is 0 Å². The van der Waals surface area contributed by atoms with Gasteiger partial charge < -0.3 is 5.73 Å². The van der Waals surface area contributed by atoms with E-state index in [-0.39, 0.29) is 29.1 Å². The van der Waals surface area contributed by atoms with E-state index in [4.69, 9.17) is 5.73 Å². The Morgan fingerprint density at radius 2 is 2.19 bits per heavy atom. The molecule has 5 heteroatoms. The monoisotopic (exact) mass is 242 g/mol. The lowest BCUT2D eigenvalue weighted by Crippen LogP contribution is -2.11. The Kier molecular flexibility index (Phi) is 4.26. The molecule has 4 nitrogen and oxygen atoms in total. The Morgan fingerprint density at radius 3 is 2.75 bits per heavy atom. The molecule has 1 aliphatic rings. The molecule has 0 unspecified atom stereocenters. The quantitative estimate of drug-likeness (QED) is 0.652. The van der Waals surface area contributed by atoms with Gasteiger partial charge in [-0.1, -0.05) is 25.0 Å². The van der Waals surface area contributed by atoms with Crippen LogP contribution < -0.4 is 5.73 Å². The molecule has 1 aliphatic carbocycles. The van der Waals surface area contributed by atoms with Gasteiger partial charge in [-0.15, -0.1) is 12.4 Å². The van der Waals surface area contributed by atoms with E-state index in [9.17, 15) is 10.1 Å². The molecule has 0 spiro atoms. The molecule has 0 radical (unpaired) electrons. The lowest BCUT2D eigenvalue weighted by molar-refractivity contribution is -0.384. The summed E-state index contributed by atoms with van der Waals surface area (Å²) in [6.07, 6.45) is 3.45. The lowest BCUT2D eigenvalue weighted by Gasteiger charge is -2.10. The van der Waals surface area contributed by atoms with Crippen LogP contribution in [0.3, 0.4) is 0 Å². The first kappa shape index (κ1) is 12.9. The van der Waals surface area contributed by atoms with Crippen LogP contribution in [0.4, 0.5) is 5.69 Å². The average molecular weight is 243 g/mol. The summed E-state index contributed by atoms with van der Waals surface area (Å²) in [5.74, 6) is 0.735. The van der Waals surface area contributed by atoms with Crippen molar-refractivity contribution in [2.24, 2.45) is 11.7 Å². The van der Waals surface area contributed by atoms with Crippen LogP contribution in [0, 0.1) is 16.0 Å². The van der Waals surface area contributed by atoms with Crippen molar-refractivity contribution in [3.05, 3.63) is 39.9 Å². The molecule has 2 rings (SSSR count). The number of nitro groups is 1. The zero-order chi connectivity index (χ0) is 10.8. The van der Waals surface area contributed by atoms with E-state index in [2.05, 4.69) is 0 Å². The first-order valence-corrected chi connectivity index (χ1v) is 5.17. The Labute approximate surface area is 100 Å². The van der Waals surface area contributed by atoms with Crippen molar-refractivity contribution < 1.29 is 4.92 Å². The zero-order valence-electron chi connectivity index (χ0n) is 8.83. The number of hydrogen-bond acceptors (Lipinski definition) is 3. The van der Waals surface area contributed by atoms with Gasteiger partial charge in [0.25, 0.3) is 5.69 Å². The second kappa shape index (κ2) is 5.27. The summed E-state index contributed by atoms with van der Waals surface area (Å²) in [5.41, 5.74) is 6.98. The molecule has 0 bridgehead atoms. The summed E-state index contributed by atoms with van der Waals surface area (Å²) in [6.45, 7) is 0. The van der Waals surface area contributed by atoms with Gasteiger partial charge in [-0.25, -0.2) is 0 Å². The van der Waals surface area contributed by atoms with Crippen LogP contribution in [0.5, 0.6) is 0 Å². The standard InChI is InChI=1S/C11H14N2O2.ClH/c12-11(6-8-4-5-8)9-2-1-3-10(7-9)13(14)15;/h1-3,7-8,11H,4-6,12H2;1H/t11-;/m0./s1. The van der Waals surface area contributed by atoms with E-state index in [1.165, 1.54) is 18.9 Å². The van der Waals surface area contributed by atoms with Gasteiger partial charge in [-0.3, -0.25) is 10.1 Å². The average Bonchev–Trinajstić information content (AvgIpc) is 3.02. The molecule has 0 amide bonds. The van der Waals surface area contributed by atoms with Gasteiger partial charge >= 0.3 is 0 Å². The summed E-state index contributed by atoms with van der Waals surface area (Å²) >= 11 is 0. The van der Waals surface area contributed by atoms with Crippen LogP contribution in [0.15, 0.2) is 24.3 Å². The van der Waals surface area contributed by atoms with Crippen LogP contribution in [-0.4, -0.2) is 4.92 Å². The van der Waals surface area contributed by atoms with Crippen LogP contribution >= 0.6 is 12.4 Å². The molecule has 1 aromatic carbocycles. The summed E-state index contributed by atoms with van der Waals surface area (Å²) in [6, 6.07) is 6.57. The molecule has 1 saturated carbocycles. The zero-order valence-corrected chi connectivity index (χ0v) is 9.65. The van der Waals surface area contributed by atoms with E-state index in [0.29, 0.717) is 0 Å². The van der Waals surface area contributed by atoms with Crippen LogP contribution in [0.25, 0.3) is 0 Å². The predicted octanol–water partition coefficient (Wildman–Crippen LogP) is 2.82. The number of nitrogens with zero attached hydrogens (tertiary/aromatic N) is 1. The highest BCUT2D eigenvalue weighted by atomic mass is 35.5. The molecule has 2 N–H and O–H groups in total. The molecule has 1 aromatic rings. The molecule has 0 heterocycles. The normalized spacial score (nSPS) is 16.3. The summed E-state index contributed by atoms with van der Waals surface area (Å²) in [7, 11) is 0. The van der Waals surface area contributed by atoms with Crippen LogP contribution in [0.1, 0.15) is 30.9 Å². The lowest BCUT2D eigenvalue weighted by atomic mass is 10.0. The number of nitrogens with two attached hydrogens (primary N) is 1. The van der Waals surface area contributed by atoms with E-state index in [1.54, 1.807) is 12.1 Å². The molecular weight excluding hydrogens is 228 g/mol. The van der Waals surface area contributed by atoms with Crippen molar-refractivity contribution in [2.75, 3.05) is 0 Å². The van der Waals surface area contributed by atoms with Gasteiger partial charge in [-0.2, -0.15) is 0 Å². The fourth-order valence-corrected chi connectivity index (χ4v) is 1.72. The molecule has 88 valence electrons. The van der Waals surface area contributed by atoms with Gasteiger partial charge in [-0.05, 0) is 17.9 Å². The SMILES string of the molecule is Cl.N[C@@H](CC1CC1)c1cccc([N+](=O)[O-])c1. The fourth-order valence-electron chi connectivity index (χ4n) is 1.72. The molecule has 1 fully saturated rings. The summed E-state index contributed by atoms with van der Waals surface area (Å²) < 4.78 is 0. The number of benzene rings is 1. The van der Waals surface area contributed by atoms with E-state index >= 15 is 0 Å². The van der Waals surface area contributed by atoms with Gasteiger partial charge in [0.2, 0.25) is 0 Å². The van der Waals surface area contributed by atoms with Gasteiger partial charge in [0.1, 0.15) is 0 Å². The van der Waals surface area contributed by atoms with Gasteiger partial charge in [0.05, 0.1) is 4.92 Å². The highest BCUT2D eigenvalue weighted by Crippen LogP contribution is 2.37. The maximum atomic E-state index is 10.6. The molecular formula is C11H15ClN2O2. The minimum Gasteiger partial charge on any atom is -0.324 e. The Hall–Kier alpha value is -1.13. The van der Waals surface area contributed by atoms with Crippen molar-refractivity contribution >= 4 is 18.1 Å². The molecule has 1 atom stereocenters. The van der Waals surface area contributed by atoms with E-state index < -0.39 is 0 Å².